The predicted octanol–water partition coefficient (Wildman–Crippen LogP) is -1.61. The van der Waals surface area contributed by atoms with Crippen LogP contribution in [-0.2, 0) is 41.6 Å². The average molecular weight is 558 g/mol. The lowest BCUT2D eigenvalue weighted by atomic mass is 10.0. The summed E-state index contributed by atoms with van der Waals surface area (Å²) < 4.78 is 0. The van der Waals surface area contributed by atoms with Crippen LogP contribution in [0.5, 0.6) is 5.75 Å². The molecule has 2 aromatic carbocycles. The van der Waals surface area contributed by atoms with Gasteiger partial charge in [0.25, 0.3) is 0 Å². The van der Waals surface area contributed by atoms with Crippen LogP contribution in [0.2, 0.25) is 0 Å². The van der Waals surface area contributed by atoms with Crippen LogP contribution in [0.3, 0.4) is 0 Å². The monoisotopic (exact) mass is 557 g/mol. The number of aliphatic carboxylic acids is 2. The molecule has 4 unspecified atom stereocenters. The number of nitrogens with two attached hydrogens (primary N) is 2. The van der Waals surface area contributed by atoms with E-state index < -0.39 is 72.6 Å². The summed E-state index contributed by atoms with van der Waals surface area (Å²) in [5.74, 6) is -6.91. The second kappa shape index (κ2) is 14.8. The number of nitrogens with one attached hydrogen (secondary N) is 3. The number of carboxylic acid groups (broad SMARTS) is 2. The lowest BCUT2D eigenvalue weighted by molar-refractivity contribution is -0.143. The molecule has 2 aromatic rings. The third-order valence-electron chi connectivity index (χ3n) is 5.68. The number of phenols is 1. The Balaban J connectivity index is 2.13. The molecule has 0 aliphatic carbocycles. The minimum Gasteiger partial charge on any atom is -0.508 e. The highest BCUT2D eigenvalue weighted by Gasteiger charge is 2.32. The fourth-order valence-electron chi connectivity index (χ4n) is 3.65. The van der Waals surface area contributed by atoms with Crippen molar-refractivity contribution in [3.63, 3.8) is 0 Å². The average Bonchev–Trinajstić information content (AvgIpc) is 2.88. The molecule has 14 heteroatoms. The Bertz CT molecular complexity index is 1220. The highest BCUT2D eigenvalue weighted by Crippen LogP contribution is 2.11. The van der Waals surface area contributed by atoms with Crippen molar-refractivity contribution in [3.05, 3.63) is 65.7 Å². The van der Waals surface area contributed by atoms with Gasteiger partial charge in [0.1, 0.15) is 23.9 Å². The predicted molar refractivity (Wildman–Crippen MR) is 139 cm³/mol. The second-order valence-electron chi connectivity index (χ2n) is 8.96. The molecule has 0 aliphatic heterocycles. The molecule has 214 valence electrons. The van der Waals surface area contributed by atoms with Gasteiger partial charge in [-0.2, -0.15) is 0 Å². The number of benzene rings is 2. The maximum Gasteiger partial charge on any atom is 0.326 e. The zero-order valence-electron chi connectivity index (χ0n) is 21.3. The Hall–Kier alpha value is -4.98. The van der Waals surface area contributed by atoms with Crippen molar-refractivity contribution in [3.8, 4) is 5.75 Å². The molecule has 0 fully saturated rings. The van der Waals surface area contributed by atoms with Crippen LogP contribution in [0.1, 0.15) is 24.0 Å². The number of carbonyl (C=O) groups is 6. The summed E-state index contributed by atoms with van der Waals surface area (Å²) in [7, 11) is 0. The Morgan fingerprint density at radius 1 is 0.675 bits per heavy atom. The molecular formula is C26H31N5O9. The SMILES string of the molecule is NC(=O)CC(NC(=O)C(CC(=O)O)NC(=O)C(N)Cc1ccc(O)cc1)C(=O)NC(Cc1ccccc1)C(=O)O. The van der Waals surface area contributed by atoms with Crippen LogP contribution in [0.25, 0.3) is 0 Å². The highest BCUT2D eigenvalue weighted by atomic mass is 16.4. The standard InChI is InChI=1S/C26H31N5O9/c27-17(10-15-6-8-16(32)9-7-15)23(36)29-19(13-22(34)35)25(38)30-18(12-21(28)33)24(37)31-20(26(39)40)11-14-4-2-1-3-5-14/h1-9,17-20,32H,10-13,27H2,(H2,28,33)(H,29,36)(H,30,38)(H,31,37)(H,34,35)(H,39,40). The first kappa shape index (κ1) is 31.2. The Morgan fingerprint density at radius 3 is 1.70 bits per heavy atom. The van der Waals surface area contributed by atoms with Gasteiger partial charge in [0.2, 0.25) is 23.6 Å². The smallest absolute Gasteiger partial charge is 0.326 e. The number of hydrogen-bond acceptors (Lipinski definition) is 8. The number of carbonyl (C=O) groups excluding carboxylic acids is 4. The third-order valence-corrected chi connectivity index (χ3v) is 5.68. The Kier molecular flexibility index (Phi) is 11.6. The molecule has 0 heterocycles. The fraction of sp³-hybridized carbons (Fsp3) is 0.308. The number of rotatable bonds is 15. The van der Waals surface area contributed by atoms with Crippen molar-refractivity contribution in [1.82, 2.24) is 16.0 Å². The van der Waals surface area contributed by atoms with Crippen LogP contribution < -0.4 is 27.4 Å². The molecule has 2 rings (SSSR count). The van der Waals surface area contributed by atoms with Gasteiger partial charge >= 0.3 is 11.9 Å². The summed E-state index contributed by atoms with van der Waals surface area (Å²) in [5, 5.41) is 34.8. The maximum atomic E-state index is 12.9. The summed E-state index contributed by atoms with van der Waals surface area (Å²) in [6.45, 7) is 0. The van der Waals surface area contributed by atoms with Crippen molar-refractivity contribution < 1.29 is 44.1 Å². The third kappa shape index (κ3) is 10.4. The molecule has 0 saturated carbocycles. The van der Waals surface area contributed by atoms with Crippen molar-refractivity contribution in [2.45, 2.75) is 49.9 Å². The van der Waals surface area contributed by atoms with E-state index in [-0.39, 0.29) is 18.6 Å². The number of phenolic OH excluding ortho intramolecular Hbond substituents is 1. The van der Waals surface area contributed by atoms with Crippen molar-refractivity contribution in [1.29, 1.82) is 0 Å². The number of hydrogen-bond donors (Lipinski definition) is 8. The van der Waals surface area contributed by atoms with Crippen molar-refractivity contribution >= 4 is 35.6 Å². The molecule has 10 N–H and O–H groups in total. The zero-order valence-corrected chi connectivity index (χ0v) is 21.3. The number of amides is 4. The van der Waals surface area contributed by atoms with Gasteiger partial charge in [-0.05, 0) is 29.7 Å². The van der Waals surface area contributed by atoms with Gasteiger partial charge in [-0.3, -0.25) is 24.0 Å². The largest absolute Gasteiger partial charge is 0.508 e. The van der Waals surface area contributed by atoms with E-state index in [1.165, 1.54) is 24.3 Å². The molecule has 14 nitrogen and oxygen atoms in total. The second-order valence-corrected chi connectivity index (χ2v) is 8.96. The first-order valence-electron chi connectivity index (χ1n) is 12.1. The molecular weight excluding hydrogens is 526 g/mol. The van der Waals surface area contributed by atoms with E-state index in [0.717, 1.165) is 0 Å². The van der Waals surface area contributed by atoms with E-state index in [1.807, 2.05) is 0 Å². The van der Waals surface area contributed by atoms with Crippen LogP contribution in [0.15, 0.2) is 54.6 Å². The molecule has 0 spiro atoms. The minimum absolute atomic E-state index is 0.00176. The fourth-order valence-corrected chi connectivity index (χ4v) is 3.65. The lowest BCUT2D eigenvalue weighted by Crippen LogP contribution is -2.58. The lowest BCUT2D eigenvalue weighted by Gasteiger charge is -2.24. The van der Waals surface area contributed by atoms with Crippen LogP contribution >= 0.6 is 0 Å². The van der Waals surface area contributed by atoms with E-state index in [1.54, 1.807) is 30.3 Å². The van der Waals surface area contributed by atoms with E-state index in [9.17, 15) is 44.1 Å². The van der Waals surface area contributed by atoms with Gasteiger partial charge in [0.15, 0.2) is 0 Å². The quantitative estimate of drug-likeness (QED) is 0.124. The first-order valence-corrected chi connectivity index (χ1v) is 12.1. The van der Waals surface area contributed by atoms with Gasteiger partial charge in [-0.15, -0.1) is 0 Å². The molecule has 0 radical (unpaired) electrons. The van der Waals surface area contributed by atoms with E-state index in [2.05, 4.69) is 16.0 Å². The van der Waals surface area contributed by atoms with Gasteiger partial charge in [0.05, 0.1) is 18.9 Å². The number of primary amides is 1. The summed E-state index contributed by atoms with van der Waals surface area (Å²) in [4.78, 5) is 73.1. The van der Waals surface area contributed by atoms with Gasteiger partial charge in [-0.25, -0.2) is 4.79 Å². The van der Waals surface area contributed by atoms with Gasteiger partial charge in [0, 0.05) is 6.42 Å². The molecule has 40 heavy (non-hydrogen) atoms. The first-order chi connectivity index (χ1) is 18.8. The Labute approximate surface area is 228 Å². The van der Waals surface area contributed by atoms with E-state index in [4.69, 9.17) is 11.5 Å². The van der Waals surface area contributed by atoms with Crippen molar-refractivity contribution in [2.75, 3.05) is 0 Å². The van der Waals surface area contributed by atoms with Crippen LogP contribution in [0.4, 0.5) is 0 Å². The van der Waals surface area contributed by atoms with Crippen molar-refractivity contribution in [2.24, 2.45) is 11.5 Å². The normalized spacial score (nSPS) is 13.6. The summed E-state index contributed by atoms with van der Waals surface area (Å²) in [5.41, 5.74) is 12.3. The maximum absolute atomic E-state index is 12.9. The molecule has 0 aromatic heterocycles. The van der Waals surface area contributed by atoms with Gasteiger partial charge < -0.3 is 42.7 Å². The molecule has 0 bridgehead atoms. The number of carboxylic acids is 2. The van der Waals surface area contributed by atoms with E-state index >= 15 is 0 Å². The molecule has 0 aliphatic rings. The highest BCUT2D eigenvalue weighted by molar-refractivity contribution is 5.97. The van der Waals surface area contributed by atoms with Gasteiger partial charge in [-0.1, -0.05) is 42.5 Å². The summed E-state index contributed by atoms with van der Waals surface area (Å²) in [6.07, 6.45) is -1.72. The molecule has 4 amide bonds. The molecule has 0 saturated heterocycles. The summed E-state index contributed by atoms with van der Waals surface area (Å²) in [6, 6.07) is 8.23. The zero-order chi connectivity index (χ0) is 29.8. The summed E-state index contributed by atoms with van der Waals surface area (Å²) >= 11 is 0. The minimum atomic E-state index is -1.70. The molecule has 4 atom stereocenters. The number of aromatic hydroxyl groups is 1. The topological polar surface area (TPSA) is 251 Å². The van der Waals surface area contributed by atoms with Crippen LogP contribution in [-0.4, -0.2) is 75.1 Å². The van der Waals surface area contributed by atoms with E-state index in [0.29, 0.717) is 11.1 Å². The Morgan fingerprint density at radius 2 is 1.18 bits per heavy atom. The van der Waals surface area contributed by atoms with Crippen LogP contribution in [0, 0.1) is 0 Å².